The molecule has 0 radical (unpaired) electrons. The van der Waals surface area contributed by atoms with E-state index in [0.29, 0.717) is 11.6 Å². The number of aliphatic carboxylic acids is 1. The number of carbonyl (C=O) groups excluding carboxylic acids is 1. The Morgan fingerprint density at radius 3 is 2.61 bits per heavy atom. The van der Waals surface area contributed by atoms with Crippen molar-refractivity contribution < 1.29 is 19.4 Å². The normalized spacial score (nSPS) is 11.9. The number of amides is 1. The number of primary amides is 1. The third-order valence-electron chi connectivity index (χ3n) is 4.23. The van der Waals surface area contributed by atoms with Gasteiger partial charge in [-0.2, -0.15) is 0 Å². The quantitative estimate of drug-likeness (QED) is 0.530. The van der Waals surface area contributed by atoms with E-state index in [1.165, 1.54) is 11.3 Å². The summed E-state index contributed by atoms with van der Waals surface area (Å²) < 4.78 is 5.20. The first-order chi connectivity index (χ1) is 13.4. The molecule has 1 atom stereocenters. The fourth-order valence-electron chi connectivity index (χ4n) is 2.84. The number of hydrogen-bond acceptors (Lipinski definition) is 7. The van der Waals surface area contributed by atoms with Crippen LogP contribution >= 0.6 is 11.3 Å². The van der Waals surface area contributed by atoms with Gasteiger partial charge in [-0.05, 0) is 31.0 Å². The SMILES string of the molecule is COc1ccc(-c2csc3nc(C)nc(NC(CCC(N)=O)C(=O)O)c23)cc1. The maximum absolute atomic E-state index is 11.6. The molecule has 1 amide bonds. The fraction of sp³-hybridized carbons (Fsp3) is 0.263. The second-order valence-corrected chi connectivity index (χ2v) is 7.08. The first-order valence-corrected chi connectivity index (χ1v) is 9.45. The minimum absolute atomic E-state index is 0.0356. The van der Waals surface area contributed by atoms with Gasteiger partial charge in [-0.3, -0.25) is 4.79 Å². The monoisotopic (exact) mass is 400 g/mol. The summed E-state index contributed by atoms with van der Waals surface area (Å²) in [6.45, 7) is 1.75. The molecule has 1 unspecified atom stereocenters. The second-order valence-electron chi connectivity index (χ2n) is 6.22. The molecule has 4 N–H and O–H groups in total. The number of anilines is 1. The number of benzene rings is 1. The van der Waals surface area contributed by atoms with Crippen molar-refractivity contribution in [1.82, 2.24) is 9.97 Å². The lowest BCUT2D eigenvalue weighted by Gasteiger charge is -2.16. The van der Waals surface area contributed by atoms with Gasteiger partial charge in [0, 0.05) is 17.4 Å². The minimum Gasteiger partial charge on any atom is -0.497 e. The maximum atomic E-state index is 11.6. The first kappa shape index (κ1) is 19.6. The van der Waals surface area contributed by atoms with Crippen molar-refractivity contribution in [3.05, 3.63) is 35.5 Å². The van der Waals surface area contributed by atoms with Crippen molar-refractivity contribution in [3.8, 4) is 16.9 Å². The van der Waals surface area contributed by atoms with Gasteiger partial charge in [0.25, 0.3) is 0 Å². The van der Waals surface area contributed by atoms with Crippen LogP contribution in [0.3, 0.4) is 0 Å². The zero-order valence-electron chi connectivity index (χ0n) is 15.4. The van der Waals surface area contributed by atoms with E-state index in [1.54, 1.807) is 14.0 Å². The highest BCUT2D eigenvalue weighted by Gasteiger charge is 2.22. The predicted octanol–water partition coefficient (Wildman–Crippen LogP) is 2.81. The molecule has 0 bridgehead atoms. The number of ether oxygens (including phenoxy) is 1. The standard InChI is InChI=1S/C19H20N4O4S/c1-10-21-17(23-14(19(25)26)7-8-15(20)24)16-13(9-28-18(16)22-10)11-3-5-12(27-2)6-4-11/h3-6,9,14H,7-8H2,1-2H3,(H2,20,24)(H,25,26)(H,21,22,23). The van der Waals surface area contributed by atoms with Crippen LogP contribution in [0.1, 0.15) is 18.7 Å². The van der Waals surface area contributed by atoms with Crippen molar-refractivity contribution in [1.29, 1.82) is 0 Å². The summed E-state index contributed by atoms with van der Waals surface area (Å²) in [5.41, 5.74) is 6.99. The molecule has 0 aliphatic carbocycles. The molecule has 0 spiro atoms. The van der Waals surface area contributed by atoms with E-state index in [2.05, 4.69) is 15.3 Å². The van der Waals surface area contributed by atoms with E-state index >= 15 is 0 Å². The molecule has 3 aromatic rings. The molecule has 0 aliphatic heterocycles. The number of nitrogens with zero attached hydrogens (tertiary/aromatic N) is 2. The van der Waals surface area contributed by atoms with Gasteiger partial charge in [-0.25, -0.2) is 14.8 Å². The molecule has 9 heteroatoms. The number of aryl methyl sites for hydroxylation is 1. The average Bonchev–Trinajstić information content (AvgIpc) is 3.08. The summed E-state index contributed by atoms with van der Waals surface area (Å²) in [5, 5.41) is 15.2. The van der Waals surface area contributed by atoms with Crippen LogP contribution in [0.5, 0.6) is 5.75 Å². The lowest BCUT2D eigenvalue weighted by molar-refractivity contribution is -0.138. The van der Waals surface area contributed by atoms with Gasteiger partial charge in [-0.15, -0.1) is 11.3 Å². The van der Waals surface area contributed by atoms with Crippen LogP contribution in [-0.4, -0.2) is 40.1 Å². The molecule has 0 fully saturated rings. The average molecular weight is 400 g/mol. The molecular formula is C19H20N4O4S. The molecule has 28 heavy (non-hydrogen) atoms. The Morgan fingerprint density at radius 2 is 2.00 bits per heavy atom. The molecule has 2 heterocycles. The lowest BCUT2D eigenvalue weighted by Crippen LogP contribution is -2.31. The molecule has 8 nitrogen and oxygen atoms in total. The van der Waals surface area contributed by atoms with Gasteiger partial charge in [0.05, 0.1) is 12.5 Å². The zero-order chi connectivity index (χ0) is 20.3. The Morgan fingerprint density at radius 1 is 1.29 bits per heavy atom. The minimum atomic E-state index is -1.08. The Kier molecular flexibility index (Phi) is 5.74. The van der Waals surface area contributed by atoms with Crippen molar-refractivity contribution in [2.45, 2.75) is 25.8 Å². The Labute approximate surface area is 165 Å². The van der Waals surface area contributed by atoms with E-state index in [0.717, 1.165) is 27.1 Å². The summed E-state index contributed by atoms with van der Waals surface area (Å²) in [6, 6.07) is 6.56. The van der Waals surface area contributed by atoms with Gasteiger partial charge < -0.3 is 20.9 Å². The van der Waals surface area contributed by atoms with Gasteiger partial charge in [0.2, 0.25) is 5.91 Å². The van der Waals surface area contributed by atoms with E-state index in [1.807, 2.05) is 29.6 Å². The number of carboxylic acids is 1. The van der Waals surface area contributed by atoms with Crippen LogP contribution in [0, 0.1) is 6.92 Å². The molecule has 2 aromatic heterocycles. The number of rotatable bonds is 8. The molecule has 1 aromatic carbocycles. The predicted molar refractivity (Wildman–Crippen MR) is 108 cm³/mol. The van der Waals surface area contributed by atoms with Crippen LogP contribution in [0.15, 0.2) is 29.6 Å². The largest absolute Gasteiger partial charge is 0.497 e. The molecule has 0 saturated heterocycles. The number of nitrogens with one attached hydrogen (secondary N) is 1. The summed E-state index contributed by atoms with van der Waals surface area (Å²) in [7, 11) is 1.60. The highest BCUT2D eigenvalue weighted by atomic mass is 32.1. The molecule has 0 aliphatic rings. The van der Waals surface area contributed by atoms with E-state index in [4.69, 9.17) is 10.5 Å². The molecule has 0 saturated carbocycles. The number of fused-ring (bicyclic) bond motifs is 1. The number of carboxylic acid groups (broad SMARTS) is 1. The summed E-state index contributed by atoms with van der Waals surface area (Å²) in [4.78, 5) is 32.3. The van der Waals surface area contributed by atoms with Crippen LogP contribution in [0.4, 0.5) is 5.82 Å². The number of aromatic nitrogens is 2. The summed E-state index contributed by atoms with van der Waals surface area (Å²) >= 11 is 1.46. The van der Waals surface area contributed by atoms with Crippen LogP contribution in [0.25, 0.3) is 21.3 Å². The molecular weight excluding hydrogens is 380 g/mol. The number of carbonyl (C=O) groups is 2. The van der Waals surface area contributed by atoms with Crippen molar-refractivity contribution in [2.24, 2.45) is 5.73 Å². The van der Waals surface area contributed by atoms with Crippen LogP contribution < -0.4 is 15.8 Å². The third kappa shape index (κ3) is 4.20. The lowest BCUT2D eigenvalue weighted by atomic mass is 10.1. The zero-order valence-corrected chi connectivity index (χ0v) is 16.2. The van der Waals surface area contributed by atoms with Crippen molar-refractivity contribution in [2.75, 3.05) is 12.4 Å². The van der Waals surface area contributed by atoms with Gasteiger partial charge in [0.15, 0.2) is 0 Å². The Bertz CT molecular complexity index is 1020. The van der Waals surface area contributed by atoms with Crippen LogP contribution in [0.2, 0.25) is 0 Å². The first-order valence-electron chi connectivity index (χ1n) is 8.57. The van der Waals surface area contributed by atoms with E-state index in [9.17, 15) is 14.7 Å². The fourth-order valence-corrected chi connectivity index (χ4v) is 3.84. The number of thiophene rings is 1. The number of nitrogens with two attached hydrogens (primary N) is 1. The Hall–Kier alpha value is -3.20. The van der Waals surface area contributed by atoms with E-state index in [-0.39, 0.29) is 12.8 Å². The Balaban J connectivity index is 2.04. The van der Waals surface area contributed by atoms with Crippen LogP contribution in [-0.2, 0) is 9.59 Å². The molecule has 3 rings (SSSR count). The summed E-state index contributed by atoms with van der Waals surface area (Å²) in [6.07, 6.45) is 0.0311. The number of methoxy groups -OCH3 is 1. The maximum Gasteiger partial charge on any atom is 0.326 e. The highest BCUT2D eigenvalue weighted by Crippen LogP contribution is 2.37. The van der Waals surface area contributed by atoms with Gasteiger partial charge in [-0.1, -0.05) is 12.1 Å². The highest BCUT2D eigenvalue weighted by molar-refractivity contribution is 7.17. The number of hydrogen-bond donors (Lipinski definition) is 3. The van der Waals surface area contributed by atoms with E-state index < -0.39 is 17.9 Å². The molecule has 146 valence electrons. The second kappa shape index (κ2) is 8.22. The van der Waals surface area contributed by atoms with Crippen molar-refractivity contribution >= 4 is 39.2 Å². The van der Waals surface area contributed by atoms with Gasteiger partial charge >= 0.3 is 5.97 Å². The third-order valence-corrected chi connectivity index (χ3v) is 5.11. The smallest absolute Gasteiger partial charge is 0.326 e. The van der Waals surface area contributed by atoms with Crippen molar-refractivity contribution in [3.63, 3.8) is 0 Å². The van der Waals surface area contributed by atoms with Gasteiger partial charge in [0.1, 0.15) is 28.3 Å². The summed E-state index contributed by atoms with van der Waals surface area (Å²) in [5.74, 6) is 0.0631. The topological polar surface area (TPSA) is 127 Å².